The number of carbonyl (C=O) groups excluding carboxylic acids is 1. The van der Waals surface area contributed by atoms with Gasteiger partial charge < -0.3 is 13.9 Å². The van der Waals surface area contributed by atoms with Crippen molar-refractivity contribution in [2.75, 3.05) is 13.1 Å². The largest absolute Gasteiger partial charge is 0.466 e. The van der Waals surface area contributed by atoms with Gasteiger partial charge in [-0.1, -0.05) is 30.3 Å². The maximum absolute atomic E-state index is 13.0. The zero-order chi connectivity index (χ0) is 18.0. The Morgan fingerprint density at radius 3 is 2.54 bits per heavy atom. The molecule has 4 rings (SSSR count). The maximum Gasteiger partial charge on any atom is 0.205 e. The highest BCUT2D eigenvalue weighted by Crippen LogP contribution is 2.40. The first-order chi connectivity index (χ1) is 12.7. The molecule has 2 aromatic heterocycles. The Bertz CT molecular complexity index is 842. The number of carbonyl (C=O) groups is 1. The molecule has 1 saturated heterocycles. The number of hydrogen-bond acceptors (Lipinski definition) is 5. The number of nitrogens with zero attached hydrogens (tertiary/aromatic N) is 1. The van der Waals surface area contributed by atoms with Crippen LogP contribution in [0.1, 0.15) is 28.3 Å². The molecule has 1 aliphatic heterocycles. The van der Waals surface area contributed by atoms with Gasteiger partial charge in [-0.05, 0) is 36.2 Å². The van der Waals surface area contributed by atoms with Crippen LogP contribution in [0.15, 0.2) is 76.0 Å². The lowest BCUT2D eigenvalue weighted by Crippen LogP contribution is -2.52. The molecule has 5 nitrogen and oxygen atoms in total. The van der Waals surface area contributed by atoms with Gasteiger partial charge in [0.15, 0.2) is 5.76 Å². The van der Waals surface area contributed by atoms with Gasteiger partial charge in [0.05, 0.1) is 18.4 Å². The van der Waals surface area contributed by atoms with Crippen molar-refractivity contribution in [1.29, 1.82) is 0 Å². The van der Waals surface area contributed by atoms with Crippen LogP contribution in [0.25, 0.3) is 0 Å². The number of likely N-dealkylation sites (tertiary alicyclic amines) is 1. The van der Waals surface area contributed by atoms with Crippen molar-refractivity contribution in [1.82, 2.24) is 4.90 Å². The third-order valence-corrected chi connectivity index (χ3v) is 5.10. The molecule has 0 amide bonds. The highest BCUT2D eigenvalue weighted by Gasteiger charge is 2.49. The smallest absolute Gasteiger partial charge is 0.205 e. The molecule has 3 aromatic rings. The third kappa shape index (κ3) is 3.11. The highest BCUT2D eigenvalue weighted by atomic mass is 16.4. The summed E-state index contributed by atoms with van der Waals surface area (Å²) >= 11 is 0. The van der Waals surface area contributed by atoms with Crippen LogP contribution in [0.2, 0.25) is 0 Å². The molecule has 1 aliphatic rings. The quantitative estimate of drug-likeness (QED) is 0.713. The predicted octanol–water partition coefficient (Wildman–Crippen LogP) is 3.47. The van der Waals surface area contributed by atoms with Crippen LogP contribution in [-0.4, -0.2) is 28.9 Å². The van der Waals surface area contributed by atoms with Gasteiger partial charge >= 0.3 is 0 Å². The molecule has 5 heteroatoms. The molecule has 0 saturated carbocycles. The van der Waals surface area contributed by atoms with E-state index in [2.05, 4.69) is 17.0 Å². The average Bonchev–Trinajstić information content (AvgIpc) is 3.38. The standard InChI is InChI=1S/C21H21NO4/c23-20(18-8-4-12-25-18)17-15-22(14-16-6-2-1-3-7-16)11-10-21(17,24)19-9-5-13-26-19/h1-9,12-13,17,24H,10-11,14-15H2. The van der Waals surface area contributed by atoms with E-state index in [1.807, 2.05) is 18.2 Å². The Balaban J connectivity index is 1.62. The monoisotopic (exact) mass is 351 g/mol. The second kappa shape index (κ2) is 6.94. The Hall–Kier alpha value is -2.63. The molecule has 134 valence electrons. The zero-order valence-corrected chi connectivity index (χ0v) is 14.4. The van der Waals surface area contributed by atoms with Gasteiger partial charge in [-0.2, -0.15) is 0 Å². The SMILES string of the molecule is O=C(c1ccco1)C1CN(Cc2ccccc2)CCC1(O)c1ccco1. The normalized spacial score (nSPS) is 23.8. The fourth-order valence-corrected chi connectivity index (χ4v) is 3.70. The lowest BCUT2D eigenvalue weighted by Gasteiger charge is -2.42. The first-order valence-electron chi connectivity index (χ1n) is 8.77. The molecule has 1 fully saturated rings. The molecule has 0 radical (unpaired) electrons. The number of benzene rings is 1. The van der Waals surface area contributed by atoms with Crippen LogP contribution in [0.5, 0.6) is 0 Å². The predicted molar refractivity (Wildman–Crippen MR) is 95.5 cm³/mol. The second-order valence-corrected chi connectivity index (χ2v) is 6.77. The minimum Gasteiger partial charge on any atom is -0.466 e. The second-order valence-electron chi connectivity index (χ2n) is 6.77. The van der Waals surface area contributed by atoms with Crippen molar-refractivity contribution in [3.05, 3.63) is 84.2 Å². The van der Waals surface area contributed by atoms with E-state index >= 15 is 0 Å². The Morgan fingerprint density at radius 2 is 1.85 bits per heavy atom. The summed E-state index contributed by atoms with van der Waals surface area (Å²) in [6.45, 7) is 1.84. The first kappa shape index (κ1) is 16.8. The summed E-state index contributed by atoms with van der Waals surface area (Å²) in [5.41, 5.74) is -0.152. The number of furan rings is 2. The fraction of sp³-hybridized carbons (Fsp3) is 0.286. The van der Waals surface area contributed by atoms with Gasteiger partial charge in [0.25, 0.3) is 0 Å². The first-order valence-corrected chi connectivity index (χ1v) is 8.77. The third-order valence-electron chi connectivity index (χ3n) is 5.10. The molecular weight excluding hydrogens is 330 g/mol. The van der Waals surface area contributed by atoms with Gasteiger partial charge in [0.2, 0.25) is 5.78 Å². The summed E-state index contributed by atoms with van der Waals surface area (Å²) < 4.78 is 10.8. The van der Waals surface area contributed by atoms with Gasteiger partial charge in [-0.25, -0.2) is 0 Å². The van der Waals surface area contributed by atoms with Crippen molar-refractivity contribution in [2.24, 2.45) is 5.92 Å². The topological polar surface area (TPSA) is 66.8 Å². The van der Waals surface area contributed by atoms with Crippen LogP contribution in [0.3, 0.4) is 0 Å². The number of Topliss-reactive ketones (excluding diaryl/α,β-unsaturated/α-hetero) is 1. The van der Waals surface area contributed by atoms with Crippen LogP contribution in [0, 0.1) is 5.92 Å². The number of ketones is 1. The molecule has 3 heterocycles. The van der Waals surface area contributed by atoms with Crippen molar-refractivity contribution in [3.8, 4) is 0 Å². The maximum atomic E-state index is 13.0. The minimum absolute atomic E-state index is 0.202. The Morgan fingerprint density at radius 1 is 1.08 bits per heavy atom. The molecule has 0 aliphatic carbocycles. The van der Waals surface area contributed by atoms with E-state index in [0.29, 0.717) is 25.3 Å². The summed E-state index contributed by atoms with van der Waals surface area (Å²) in [5.74, 6) is -0.160. The highest BCUT2D eigenvalue weighted by molar-refractivity contribution is 5.96. The van der Waals surface area contributed by atoms with Crippen LogP contribution in [-0.2, 0) is 12.1 Å². The number of hydrogen-bond donors (Lipinski definition) is 1. The molecule has 2 atom stereocenters. The number of aliphatic hydroxyl groups is 1. The molecule has 1 aromatic carbocycles. The van der Waals surface area contributed by atoms with E-state index in [9.17, 15) is 9.90 Å². The summed E-state index contributed by atoms with van der Waals surface area (Å²) in [6.07, 6.45) is 3.42. The number of rotatable bonds is 5. The number of piperidine rings is 1. The van der Waals surface area contributed by atoms with E-state index in [1.165, 1.54) is 18.1 Å². The summed E-state index contributed by atoms with van der Waals surface area (Å²) in [6, 6.07) is 16.9. The summed E-state index contributed by atoms with van der Waals surface area (Å²) in [4.78, 5) is 15.2. The van der Waals surface area contributed by atoms with Crippen molar-refractivity contribution < 1.29 is 18.7 Å². The van der Waals surface area contributed by atoms with E-state index in [-0.39, 0.29) is 11.5 Å². The van der Waals surface area contributed by atoms with Crippen LogP contribution in [0.4, 0.5) is 0 Å². The molecule has 1 N–H and O–H groups in total. The van der Waals surface area contributed by atoms with E-state index < -0.39 is 11.5 Å². The van der Waals surface area contributed by atoms with Crippen molar-refractivity contribution >= 4 is 5.78 Å². The molecule has 0 spiro atoms. The Labute approximate surface area is 151 Å². The minimum atomic E-state index is -1.33. The van der Waals surface area contributed by atoms with Gasteiger partial charge in [-0.15, -0.1) is 0 Å². The lowest BCUT2D eigenvalue weighted by atomic mass is 9.76. The zero-order valence-electron chi connectivity index (χ0n) is 14.4. The summed E-state index contributed by atoms with van der Waals surface area (Å²) in [7, 11) is 0. The van der Waals surface area contributed by atoms with Crippen LogP contribution >= 0.6 is 0 Å². The van der Waals surface area contributed by atoms with E-state index in [0.717, 1.165) is 6.54 Å². The Kier molecular flexibility index (Phi) is 4.49. The molecule has 2 unspecified atom stereocenters. The molecular formula is C21H21NO4. The van der Waals surface area contributed by atoms with E-state index in [1.54, 1.807) is 24.3 Å². The lowest BCUT2D eigenvalue weighted by molar-refractivity contribution is -0.0799. The van der Waals surface area contributed by atoms with E-state index in [4.69, 9.17) is 8.83 Å². The van der Waals surface area contributed by atoms with Gasteiger partial charge in [0.1, 0.15) is 11.4 Å². The fourth-order valence-electron chi connectivity index (χ4n) is 3.70. The van der Waals surface area contributed by atoms with Gasteiger partial charge in [0, 0.05) is 19.6 Å². The van der Waals surface area contributed by atoms with Gasteiger partial charge in [-0.3, -0.25) is 9.69 Å². The average molecular weight is 351 g/mol. The summed E-state index contributed by atoms with van der Waals surface area (Å²) in [5, 5.41) is 11.4. The molecule has 0 bridgehead atoms. The van der Waals surface area contributed by atoms with Crippen molar-refractivity contribution in [3.63, 3.8) is 0 Å². The van der Waals surface area contributed by atoms with Crippen LogP contribution < -0.4 is 0 Å². The molecule has 26 heavy (non-hydrogen) atoms. The van der Waals surface area contributed by atoms with Crippen molar-refractivity contribution in [2.45, 2.75) is 18.6 Å².